The van der Waals surface area contributed by atoms with Crippen LogP contribution in [0.4, 0.5) is 0 Å². The van der Waals surface area contributed by atoms with Crippen molar-refractivity contribution < 1.29 is 4.79 Å². The lowest BCUT2D eigenvalue weighted by atomic mass is 9.84. The average Bonchev–Trinajstić information content (AvgIpc) is 2.29. The third-order valence-electron chi connectivity index (χ3n) is 4.36. The lowest BCUT2D eigenvalue weighted by Crippen LogP contribution is -2.45. The summed E-state index contributed by atoms with van der Waals surface area (Å²) in [5.74, 6) is 0.918. The van der Waals surface area contributed by atoms with Crippen molar-refractivity contribution in [3.05, 3.63) is 0 Å². The van der Waals surface area contributed by atoms with Crippen LogP contribution in [0, 0.1) is 11.8 Å². The van der Waals surface area contributed by atoms with Gasteiger partial charge in [-0.05, 0) is 44.7 Å². The minimum Gasteiger partial charge on any atom is -0.369 e. The van der Waals surface area contributed by atoms with Gasteiger partial charge in [0.1, 0.15) is 0 Å². The molecule has 1 saturated carbocycles. The summed E-state index contributed by atoms with van der Waals surface area (Å²) in [6, 6.07) is 0.776. The van der Waals surface area contributed by atoms with E-state index in [2.05, 4.69) is 11.8 Å². The lowest BCUT2D eigenvalue weighted by Gasteiger charge is -2.40. The Bertz CT molecular complexity index is 246. The van der Waals surface area contributed by atoms with Crippen LogP contribution < -0.4 is 5.73 Å². The molecule has 3 heteroatoms. The maximum atomic E-state index is 11.1. The van der Waals surface area contributed by atoms with Crippen LogP contribution >= 0.6 is 0 Å². The first kappa shape index (κ1) is 11.9. The molecule has 3 nitrogen and oxygen atoms in total. The average molecular weight is 224 g/mol. The molecule has 0 spiro atoms. The standard InChI is InChI=1S/C13H24N2O/c1-10-3-2-4-12(9-10)15-7-5-11(6-8-15)13(14)16/h10-12H,2-9H2,1H3,(H2,14,16)/t10-,12+/m1/s1. The first-order chi connectivity index (χ1) is 7.66. The molecular formula is C13H24N2O. The Kier molecular flexibility index (Phi) is 3.85. The van der Waals surface area contributed by atoms with E-state index in [0.29, 0.717) is 0 Å². The van der Waals surface area contributed by atoms with Crippen molar-refractivity contribution in [3.8, 4) is 0 Å². The van der Waals surface area contributed by atoms with E-state index in [0.717, 1.165) is 37.9 Å². The number of amides is 1. The molecule has 1 aliphatic heterocycles. The van der Waals surface area contributed by atoms with Crippen LogP contribution in [0.5, 0.6) is 0 Å². The van der Waals surface area contributed by atoms with Gasteiger partial charge < -0.3 is 10.6 Å². The second-order valence-electron chi connectivity index (χ2n) is 5.64. The number of nitrogens with two attached hydrogens (primary N) is 1. The molecule has 2 fully saturated rings. The van der Waals surface area contributed by atoms with Crippen LogP contribution in [0.25, 0.3) is 0 Å². The maximum absolute atomic E-state index is 11.1. The fraction of sp³-hybridized carbons (Fsp3) is 0.923. The SMILES string of the molecule is C[C@@H]1CCC[C@H](N2CCC(C(N)=O)CC2)C1. The molecule has 0 bridgehead atoms. The van der Waals surface area contributed by atoms with E-state index in [1.54, 1.807) is 0 Å². The van der Waals surface area contributed by atoms with Crippen molar-refractivity contribution in [3.63, 3.8) is 0 Å². The highest BCUT2D eigenvalue weighted by Gasteiger charge is 2.29. The first-order valence-electron chi connectivity index (χ1n) is 6.70. The Balaban J connectivity index is 1.81. The first-order valence-corrected chi connectivity index (χ1v) is 6.70. The Morgan fingerprint density at radius 1 is 1.19 bits per heavy atom. The molecule has 2 rings (SSSR count). The molecule has 1 heterocycles. The van der Waals surface area contributed by atoms with E-state index in [1.165, 1.54) is 25.7 Å². The highest BCUT2D eigenvalue weighted by Crippen LogP contribution is 2.29. The quantitative estimate of drug-likeness (QED) is 0.777. The predicted molar refractivity (Wildman–Crippen MR) is 64.9 cm³/mol. The second-order valence-corrected chi connectivity index (χ2v) is 5.64. The number of nitrogens with zero attached hydrogens (tertiary/aromatic N) is 1. The summed E-state index contributed by atoms with van der Waals surface area (Å²) in [5.41, 5.74) is 5.36. The topological polar surface area (TPSA) is 46.3 Å². The van der Waals surface area contributed by atoms with E-state index >= 15 is 0 Å². The number of piperidine rings is 1. The minimum absolute atomic E-state index is 0.100. The zero-order valence-corrected chi connectivity index (χ0v) is 10.3. The van der Waals surface area contributed by atoms with Gasteiger partial charge in [0.25, 0.3) is 0 Å². The number of hydrogen-bond donors (Lipinski definition) is 1. The van der Waals surface area contributed by atoms with Gasteiger partial charge in [-0.3, -0.25) is 4.79 Å². The molecule has 1 amide bonds. The largest absolute Gasteiger partial charge is 0.369 e. The van der Waals surface area contributed by atoms with Crippen LogP contribution in [0.3, 0.4) is 0 Å². The van der Waals surface area contributed by atoms with Gasteiger partial charge >= 0.3 is 0 Å². The predicted octanol–water partition coefficient (Wildman–Crippen LogP) is 1.76. The molecule has 0 aromatic carbocycles. The maximum Gasteiger partial charge on any atom is 0.220 e. The van der Waals surface area contributed by atoms with Crippen molar-refractivity contribution in [1.29, 1.82) is 0 Å². The fourth-order valence-electron chi connectivity index (χ4n) is 3.28. The highest BCUT2D eigenvalue weighted by molar-refractivity contribution is 5.76. The molecule has 2 N–H and O–H groups in total. The van der Waals surface area contributed by atoms with E-state index in [-0.39, 0.29) is 11.8 Å². The van der Waals surface area contributed by atoms with Gasteiger partial charge in [-0.25, -0.2) is 0 Å². The third-order valence-corrected chi connectivity index (χ3v) is 4.36. The molecule has 16 heavy (non-hydrogen) atoms. The summed E-state index contributed by atoms with van der Waals surface area (Å²) >= 11 is 0. The second kappa shape index (κ2) is 5.17. The van der Waals surface area contributed by atoms with Crippen molar-refractivity contribution in [2.24, 2.45) is 17.6 Å². The van der Waals surface area contributed by atoms with Gasteiger partial charge in [0.05, 0.1) is 0 Å². The molecule has 0 radical (unpaired) electrons. The van der Waals surface area contributed by atoms with Crippen LogP contribution in [-0.2, 0) is 4.79 Å². The van der Waals surface area contributed by atoms with E-state index in [1.807, 2.05) is 0 Å². The lowest BCUT2D eigenvalue weighted by molar-refractivity contribution is -0.123. The molecule has 2 atom stereocenters. The molecule has 0 aromatic heterocycles. The van der Waals surface area contributed by atoms with Gasteiger partial charge in [-0.15, -0.1) is 0 Å². The summed E-state index contributed by atoms with van der Waals surface area (Å²) in [4.78, 5) is 13.7. The zero-order valence-electron chi connectivity index (χ0n) is 10.3. The van der Waals surface area contributed by atoms with Gasteiger partial charge in [0.2, 0.25) is 5.91 Å². The van der Waals surface area contributed by atoms with E-state index < -0.39 is 0 Å². The minimum atomic E-state index is -0.100. The molecule has 2 aliphatic rings. The van der Waals surface area contributed by atoms with Crippen molar-refractivity contribution in [2.45, 2.75) is 51.5 Å². The van der Waals surface area contributed by atoms with Gasteiger partial charge in [0.15, 0.2) is 0 Å². The summed E-state index contributed by atoms with van der Waals surface area (Å²) in [6.45, 7) is 4.51. The summed E-state index contributed by atoms with van der Waals surface area (Å²) < 4.78 is 0. The Morgan fingerprint density at radius 2 is 1.88 bits per heavy atom. The van der Waals surface area contributed by atoms with Crippen molar-refractivity contribution >= 4 is 5.91 Å². The monoisotopic (exact) mass is 224 g/mol. The summed E-state index contributed by atoms with van der Waals surface area (Å²) in [5, 5.41) is 0. The fourth-order valence-corrected chi connectivity index (χ4v) is 3.28. The Morgan fingerprint density at radius 3 is 2.44 bits per heavy atom. The number of carbonyl (C=O) groups excluding carboxylic acids is 1. The number of rotatable bonds is 2. The van der Waals surface area contributed by atoms with Gasteiger partial charge in [0, 0.05) is 12.0 Å². The van der Waals surface area contributed by atoms with Crippen molar-refractivity contribution in [2.75, 3.05) is 13.1 Å². The smallest absolute Gasteiger partial charge is 0.220 e. The van der Waals surface area contributed by atoms with E-state index in [4.69, 9.17) is 5.73 Å². The zero-order chi connectivity index (χ0) is 11.5. The van der Waals surface area contributed by atoms with Crippen LogP contribution in [-0.4, -0.2) is 29.9 Å². The van der Waals surface area contributed by atoms with Gasteiger partial charge in [-0.1, -0.05) is 19.8 Å². The summed E-state index contributed by atoms with van der Waals surface area (Å²) in [6.07, 6.45) is 7.42. The number of hydrogen-bond acceptors (Lipinski definition) is 2. The summed E-state index contributed by atoms with van der Waals surface area (Å²) in [7, 11) is 0. The van der Waals surface area contributed by atoms with Crippen LogP contribution in [0.2, 0.25) is 0 Å². The van der Waals surface area contributed by atoms with E-state index in [9.17, 15) is 4.79 Å². The van der Waals surface area contributed by atoms with Crippen LogP contribution in [0.1, 0.15) is 45.4 Å². The van der Waals surface area contributed by atoms with Crippen molar-refractivity contribution in [1.82, 2.24) is 4.90 Å². The number of primary amides is 1. The molecule has 1 saturated heterocycles. The molecule has 0 aromatic rings. The molecule has 1 aliphatic carbocycles. The molecule has 92 valence electrons. The Labute approximate surface area is 98.4 Å². The molecule has 0 unspecified atom stereocenters. The van der Waals surface area contributed by atoms with Crippen LogP contribution in [0.15, 0.2) is 0 Å². The third kappa shape index (κ3) is 2.76. The van der Waals surface area contributed by atoms with Gasteiger partial charge in [-0.2, -0.15) is 0 Å². The molecular weight excluding hydrogens is 200 g/mol. The normalized spacial score (nSPS) is 33.8. The number of carbonyl (C=O) groups is 1. The number of likely N-dealkylation sites (tertiary alicyclic amines) is 1. The Hall–Kier alpha value is -0.570. The highest BCUT2D eigenvalue weighted by atomic mass is 16.1.